The summed E-state index contributed by atoms with van der Waals surface area (Å²) in [6.45, 7) is 0.00166. The van der Waals surface area contributed by atoms with E-state index in [0.717, 1.165) is 0 Å². The Bertz CT molecular complexity index is 1850. The monoisotopic (exact) mass is 596 g/mol. The largest absolute Gasteiger partial charge is 0.352 e. The maximum atomic E-state index is 10.2. The van der Waals surface area contributed by atoms with Gasteiger partial charge in [0.05, 0.1) is 24.5 Å². The number of nitriles is 4. The number of hydrogen-bond acceptors (Lipinski definition) is 8. The Hall–Kier alpha value is -4.68. The minimum Gasteiger partial charge on any atom is -0.352 e. The summed E-state index contributed by atoms with van der Waals surface area (Å²) >= 11 is 23.6. The predicted molar refractivity (Wildman–Crippen MR) is 158 cm³/mol. The Balaban J connectivity index is 1.75. The molecule has 4 aromatic rings. The van der Waals surface area contributed by atoms with Crippen molar-refractivity contribution in [3.05, 3.63) is 90.1 Å². The van der Waals surface area contributed by atoms with Crippen LogP contribution < -0.4 is 10.6 Å². The fourth-order valence-electron chi connectivity index (χ4n) is 4.66. The molecule has 1 aliphatic heterocycles. The lowest BCUT2D eigenvalue weighted by Gasteiger charge is -2.28. The second-order valence-electron chi connectivity index (χ2n) is 8.54. The van der Waals surface area contributed by atoms with Crippen LogP contribution in [-0.2, 0) is 13.3 Å². The van der Waals surface area contributed by atoms with E-state index in [9.17, 15) is 21.0 Å². The van der Waals surface area contributed by atoms with Gasteiger partial charge < -0.3 is 10.6 Å². The number of pyridine rings is 2. The standard InChI is InChI=1S/C28H14Cl2N8S2/c29-17-5-1-15(2-6-17)23-19(9-31)25-35-13-38-26(36-14-37(25)27(39)21(23)11-33)20(10-32)24(22(12-34)28(38)40)16-3-7-18(30)8-4-16/h1-8,35-36H,13-14H2. The molecule has 12 heteroatoms. The van der Waals surface area contributed by atoms with Crippen molar-refractivity contribution in [1.82, 2.24) is 9.13 Å². The third-order valence-corrected chi connectivity index (χ3v) is 7.81. The summed E-state index contributed by atoms with van der Waals surface area (Å²) in [5.74, 6) is 0.714. The maximum absolute atomic E-state index is 10.2. The topological polar surface area (TPSA) is 129 Å². The van der Waals surface area contributed by atoms with Crippen LogP contribution in [-0.4, -0.2) is 9.13 Å². The van der Waals surface area contributed by atoms with Crippen LogP contribution in [0, 0.1) is 54.6 Å². The SMILES string of the molecule is N#Cc1c(-c2ccc(Cl)cc2)c(C#N)c(=S)n2c1NCn1c(c(C#N)c(-c3ccc(Cl)cc3)c(C#N)c1=S)NC2. The minimum absolute atomic E-state index is 0.000829. The zero-order valence-corrected chi connectivity index (χ0v) is 23.4. The summed E-state index contributed by atoms with van der Waals surface area (Å²) in [7, 11) is 0. The molecule has 3 heterocycles. The quantitative estimate of drug-likeness (QED) is 0.230. The average molecular weight is 598 g/mol. The second-order valence-corrected chi connectivity index (χ2v) is 10.2. The zero-order chi connectivity index (χ0) is 28.6. The molecule has 0 radical (unpaired) electrons. The molecule has 0 spiro atoms. The van der Waals surface area contributed by atoms with Crippen molar-refractivity contribution >= 4 is 59.3 Å². The van der Waals surface area contributed by atoms with Crippen molar-refractivity contribution < 1.29 is 0 Å². The van der Waals surface area contributed by atoms with Gasteiger partial charge in [-0.25, -0.2) is 0 Å². The first-order valence-electron chi connectivity index (χ1n) is 11.6. The lowest BCUT2D eigenvalue weighted by molar-refractivity contribution is 0.671. The van der Waals surface area contributed by atoms with Crippen LogP contribution in [0.1, 0.15) is 22.3 Å². The number of nitrogens with zero attached hydrogens (tertiary/aromatic N) is 6. The Labute approximate surface area is 249 Å². The molecule has 0 fully saturated rings. The Morgan fingerprint density at radius 3 is 1.20 bits per heavy atom. The zero-order valence-electron chi connectivity index (χ0n) is 20.3. The summed E-state index contributed by atoms with van der Waals surface area (Å²) in [5.41, 5.74) is 2.67. The molecule has 1 aliphatic rings. The van der Waals surface area contributed by atoms with Crippen LogP contribution in [0.2, 0.25) is 10.0 Å². The third kappa shape index (κ3) is 4.36. The molecule has 0 unspecified atom stereocenters. The van der Waals surface area contributed by atoms with E-state index in [0.29, 0.717) is 43.9 Å². The molecule has 0 saturated heterocycles. The molecule has 5 rings (SSSR count). The molecule has 0 aliphatic carbocycles. The van der Waals surface area contributed by atoms with E-state index in [1.807, 2.05) is 0 Å². The summed E-state index contributed by atoms with van der Waals surface area (Å²) in [4.78, 5) is 0. The molecule has 192 valence electrons. The van der Waals surface area contributed by atoms with Gasteiger partial charge in [-0.05, 0) is 35.4 Å². The number of rotatable bonds is 2. The highest BCUT2D eigenvalue weighted by Crippen LogP contribution is 2.38. The number of aromatic nitrogens is 2. The molecular formula is C28H14Cl2N8S2. The van der Waals surface area contributed by atoms with Crippen LogP contribution in [0.25, 0.3) is 22.3 Å². The second kappa shape index (κ2) is 10.8. The number of hydrogen-bond donors (Lipinski definition) is 2. The number of benzene rings is 2. The fraction of sp³-hybridized carbons (Fsp3) is 0.0714. The average Bonchev–Trinajstić information content (AvgIpc) is 2.95. The van der Waals surface area contributed by atoms with Gasteiger partial charge in [-0.3, -0.25) is 9.13 Å². The first kappa shape index (κ1) is 26.9. The molecule has 0 atom stereocenters. The molecule has 40 heavy (non-hydrogen) atoms. The Kier molecular flexibility index (Phi) is 7.28. The van der Waals surface area contributed by atoms with E-state index in [2.05, 4.69) is 34.9 Å². The van der Waals surface area contributed by atoms with Gasteiger partial charge in [0.1, 0.15) is 56.3 Å². The highest BCUT2D eigenvalue weighted by Gasteiger charge is 2.26. The van der Waals surface area contributed by atoms with E-state index in [4.69, 9.17) is 47.6 Å². The molecule has 2 N–H and O–H groups in total. The first-order chi connectivity index (χ1) is 19.3. The lowest BCUT2D eigenvalue weighted by atomic mass is 9.96. The molecule has 0 amide bonds. The highest BCUT2D eigenvalue weighted by atomic mass is 35.5. The van der Waals surface area contributed by atoms with Gasteiger partial charge in [-0.15, -0.1) is 0 Å². The summed E-state index contributed by atoms with van der Waals surface area (Å²) in [5, 5.41) is 48.1. The van der Waals surface area contributed by atoms with E-state index < -0.39 is 0 Å². The van der Waals surface area contributed by atoms with Crippen LogP contribution in [0.5, 0.6) is 0 Å². The molecule has 8 nitrogen and oxygen atoms in total. The van der Waals surface area contributed by atoms with Crippen molar-refractivity contribution in [1.29, 1.82) is 21.0 Å². The van der Waals surface area contributed by atoms with Gasteiger partial charge in [0, 0.05) is 21.2 Å². The van der Waals surface area contributed by atoms with Crippen LogP contribution in [0.15, 0.2) is 48.5 Å². The number of nitrogens with one attached hydrogen (secondary N) is 2. The Morgan fingerprint density at radius 2 is 0.900 bits per heavy atom. The van der Waals surface area contributed by atoms with Crippen molar-refractivity contribution in [3.8, 4) is 46.5 Å². The molecule has 2 aromatic carbocycles. The third-order valence-electron chi connectivity index (χ3n) is 6.45. The first-order valence-corrected chi connectivity index (χ1v) is 13.1. The van der Waals surface area contributed by atoms with E-state index in [1.165, 1.54) is 0 Å². The number of halogens is 2. The van der Waals surface area contributed by atoms with Crippen LogP contribution in [0.4, 0.5) is 11.6 Å². The van der Waals surface area contributed by atoms with E-state index in [1.54, 1.807) is 57.7 Å². The van der Waals surface area contributed by atoms with Crippen molar-refractivity contribution in [2.24, 2.45) is 0 Å². The smallest absolute Gasteiger partial charge is 0.128 e. The number of anilines is 2. The molecule has 0 bridgehead atoms. The van der Waals surface area contributed by atoms with Gasteiger partial charge in [0.25, 0.3) is 0 Å². The van der Waals surface area contributed by atoms with Gasteiger partial charge in [-0.2, -0.15) is 21.0 Å². The Morgan fingerprint density at radius 1 is 0.575 bits per heavy atom. The van der Waals surface area contributed by atoms with Crippen LogP contribution in [0.3, 0.4) is 0 Å². The summed E-state index contributed by atoms with van der Waals surface area (Å²) in [6, 6.07) is 22.3. The lowest BCUT2D eigenvalue weighted by Crippen LogP contribution is -2.27. The molecule has 2 aromatic heterocycles. The molecule has 0 saturated carbocycles. The van der Waals surface area contributed by atoms with E-state index >= 15 is 0 Å². The minimum atomic E-state index is 0.000829. The van der Waals surface area contributed by atoms with Crippen molar-refractivity contribution in [2.45, 2.75) is 13.3 Å². The fourth-order valence-corrected chi connectivity index (χ4v) is 5.52. The van der Waals surface area contributed by atoms with E-state index in [-0.39, 0.29) is 44.9 Å². The highest BCUT2D eigenvalue weighted by molar-refractivity contribution is 7.71. The van der Waals surface area contributed by atoms with Crippen molar-refractivity contribution in [3.63, 3.8) is 0 Å². The van der Waals surface area contributed by atoms with Gasteiger partial charge in [0.2, 0.25) is 0 Å². The normalized spacial score (nSPS) is 11.6. The van der Waals surface area contributed by atoms with Gasteiger partial charge in [0.15, 0.2) is 0 Å². The maximum Gasteiger partial charge on any atom is 0.128 e. The number of fused-ring (bicyclic) bond motifs is 2. The predicted octanol–water partition coefficient (Wildman–Crippen LogP) is 7.33. The van der Waals surface area contributed by atoms with Gasteiger partial charge in [-0.1, -0.05) is 71.9 Å². The van der Waals surface area contributed by atoms with Gasteiger partial charge >= 0.3 is 0 Å². The van der Waals surface area contributed by atoms with Crippen LogP contribution >= 0.6 is 47.6 Å². The summed E-state index contributed by atoms with van der Waals surface area (Å²) < 4.78 is 3.58. The van der Waals surface area contributed by atoms with Crippen molar-refractivity contribution in [2.75, 3.05) is 10.6 Å². The summed E-state index contributed by atoms with van der Waals surface area (Å²) in [6.07, 6.45) is 0. The molecular weight excluding hydrogens is 583 g/mol.